The van der Waals surface area contributed by atoms with Gasteiger partial charge in [-0.3, -0.25) is 9.82 Å². The van der Waals surface area contributed by atoms with E-state index in [-0.39, 0.29) is 10.6 Å². The second-order valence-electron chi connectivity index (χ2n) is 8.05. The molecule has 1 atom stereocenters. The highest BCUT2D eigenvalue weighted by atomic mass is 32.2. The average Bonchev–Trinajstić information content (AvgIpc) is 3.20. The van der Waals surface area contributed by atoms with Crippen LogP contribution in [-0.4, -0.2) is 30.3 Å². The number of H-pyrrole nitrogens is 1. The number of unbranched alkanes of at least 4 members (excludes halogenated alkanes) is 1. The summed E-state index contributed by atoms with van der Waals surface area (Å²) in [6, 6.07) is 17.4. The third-order valence-corrected chi connectivity index (χ3v) is 6.91. The molecule has 0 radical (unpaired) electrons. The van der Waals surface area contributed by atoms with Crippen molar-refractivity contribution in [3.05, 3.63) is 83.8 Å². The highest BCUT2D eigenvalue weighted by Crippen LogP contribution is 2.27. The van der Waals surface area contributed by atoms with Gasteiger partial charge in [-0.05, 0) is 68.1 Å². The lowest BCUT2D eigenvalue weighted by molar-refractivity contribution is 0.160. The summed E-state index contributed by atoms with van der Waals surface area (Å²) in [5.41, 5.74) is 2.09. The Kier molecular flexibility index (Phi) is 7.14. The molecule has 1 aromatic heterocycles. The van der Waals surface area contributed by atoms with Crippen LogP contribution in [0.5, 0.6) is 5.75 Å². The predicted octanol–water partition coefficient (Wildman–Crippen LogP) is 5.09. The molecule has 178 valence electrons. The molecule has 0 aliphatic carbocycles. The van der Waals surface area contributed by atoms with E-state index in [0.717, 1.165) is 28.4 Å². The molecule has 3 aromatic carbocycles. The number of hydrogen-bond acceptors (Lipinski definition) is 5. The Bertz CT molecular complexity index is 1370. The van der Waals surface area contributed by atoms with E-state index >= 15 is 0 Å². The minimum atomic E-state index is -3.94. The molecular formula is C25H26FN3O4S. The van der Waals surface area contributed by atoms with Crippen LogP contribution in [0.15, 0.2) is 71.6 Å². The van der Waals surface area contributed by atoms with Gasteiger partial charge in [-0.1, -0.05) is 24.3 Å². The van der Waals surface area contributed by atoms with Crippen LogP contribution in [0, 0.1) is 12.7 Å². The summed E-state index contributed by atoms with van der Waals surface area (Å²) in [6.07, 6.45) is 0.956. The number of aliphatic hydroxyl groups excluding tert-OH is 1. The van der Waals surface area contributed by atoms with Crippen molar-refractivity contribution in [2.24, 2.45) is 0 Å². The second kappa shape index (κ2) is 10.2. The topological polar surface area (TPSA) is 104 Å². The van der Waals surface area contributed by atoms with Crippen molar-refractivity contribution in [3.8, 4) is 5.75 Å². The molecule has 34 heavy (non-hydrogen) atoms. The fourth-order valence-corrected chi connectivity index (χ4v) is 4.72. The summed E-state index contributed by atoms with van der Waals surface area (Å²) < 4.78 is 47.3. The number of rotatable bonds is 10. The van der Waals surface area contributed by atoms with Crippen molar-refractivity contribution in [1.82, 2.24) is 10.2 Å². The van der Waals surface area contributed by atoms with Crippen LogP contribution >= 0.6 is 0 Å². The van der Waals surface area contributed by atoms with Crippen molar-refractivity contribution in [3.63, 3.8) is 0 Å². The Hall–Kier alpha value is -3.43. The second-order valence-corrected chi connectivity index (χ2v) is 9.73. The van der Waals surface area contributed by atoms with E-state index in [1.54, 1.807) is 18.2 Å². The highest BCUT2D eigenvalue weighted by Gasteiger charge is 2.18. The molecule has 3 N–H and O–H groups in total. The van der Waals surface area contributed by atoms with E-state index in [1.807, 2.05) is 25.1 Å². The van der Waals surface area contributed by atoms with Gasteiger partial charge in [-0.2, -0.15) is 5.10 Å². The van der Waals surface area contributed by atoms with Gasteiger partial charge in [0.25, 0.3) is 10.0 Å². The average molecular weight is 484 g/mol. The number of fused-ring (bicyclic) bond motifs is 1. The van der Waals surface area contributed by atoms with Gasteiger partial charge >= 0.3 is 0 Å². The van der Waals surface area contributed by atoms with E-state index in [2.05, 4.69) is 14.9 Å². The van der Waals surface area contributed by atoms with Crippen LogP contribution < -0.4 is 9.46 Å². The van der Waals surface area contributed by atoms with Gasteiger partial charge in [-0.25, -0.2) is 12.8 Å². The Morgan fingerprint density at radius 1 is 1.09 bits per heavy atom. The van der Waals surface area contributed by atoms with E-state index in [9.17, 15) is 17.9 Å². The minimum absolute atomic E-state index is 0.0296. The first-order valence-electron chi connectivity index (χ1n) is 11.0. The molecule has 0 saturated heterocycles. The summed E-state index contributed by atoms with van der Waals surface area (Å²) in [4.78, 5) is 0.0296. The van der Waals surface area contributed by atoms with Crippen molar-refractivity contribution in [2.75, 3.05) is 11.3 Å². The molecule has 0 aliphatic heterocycles. The predicted molar refractivity (Wildman–Crippen MR) is 129 cm³/mol. The summed E-state index contributed by atoms with van der Waals surface area (Å²) in [6.45, 7) is 2.44. The standard InChI is InChI=1S/C25H26FN3O4S/c1-17-21-12-11-19(16-23(21)28-27-17)33-14-6-5-9-25(30)18-10-13-22(26)24(15-18)29-34(31,32)20-7-3-2-4-8-20/h2-4,7-8,10-13,15-16,25,29-30H,5-6,9,14H2,1H3,(H,27,28)/t25-/m0/s1. The zero-order valence-corrected chi connectivity index (χ0v) is 19.5. The van der Waals surface area contributed by atoms with E-state index < -0.39 is 21.9 Å². The summed E-state index contributed by atoms with van der Waals surface area (Å²) in [5, 5.41) is 18.8. The molecule has 4 rings (SSSR count). The van der Waals surface area contributed by atoms with Gasteiger partial charge in [0.1, 0.15) is 11.6 Å². The fraction of sp³-hybridized carbons (Fsp3) is 0.240. The number of aryl methyl sites for hydroxylation is 1. The van der Waals surface area contributed by atoms with Gasteiger partial charge in [0.05, 0.1) is 28.8 Å². The smallest absolute Gasteiger partial charge is 0.261 e. The molecule has 0 fully saturated rings. The summed E-state index contributed by atoms with van der Waals surface area (Å²) in [7, 11) is -3.94. The van der Waals surface area contributed by atoms with E-state index in [1.165, 1.54) is 24.3 Å². The minimum Gasteiger partial charge on any atom is -0.494 e. The van der Waals surface area contributed by atoms with Crippen LogP contribution in [0.3, 0.4) is 0 Å². The van der Waals surface area contributed by atoms with Gasteiger partial charge in [0, 0.05) is 17.1 Å². The third-order valence-electron chi connectivity index (χ3n) is 5.53. The molecule has 0 saturated carbocycles. The van der Waals surface area contributed by atoms with Crippen LogP contribution in [0.2, 0.25) is 0 Å². The zero-order valence-electron chi connectivity index (χ0n) is 18.7. The molecule has 0 unspecified atom stereocenters. The van der Waals surface area contributed by atoms with E-state index in [4.69, 9.17) is 4.74 Å². The number of sulfonamides is 1. The quantitative estimate of drug-likeness (QED) is 0.273. The van der Waals surface area contributed by atoms with Crippen LogP contribution in [0.25, 0.3) is 10.9 Å². The maximum atomic E-state index is 14.3. The van der Waals surface area contributed by atoms with Crippen molar-refractivity contribution in [2.45, 2.75) is 37.2 Å². The SMILES string of the molecule is Cc1[nH]nc2cc(OCCCC[C@H](O)c3ccc(F)c(NS(=O)(=O)c4ccccc4)c3)ccc12. The van der Waals surface area contributed by atoms with Gasteiger partial charge < -0.3 is 9.84 Å². The summed E-state index contributed by atoms with van der Waals surface area (Å²) in [5.74, 6) is 0.0151. The number of nitrogens with one attached hydrogen (secondary N) is 2. The normalized spacial score (nSPS) is 12.6. The molecule has 7 nitrogen and oxygen atoms in total. The Balaban J connectivity index is 1.30. The van der Waals surface area contributed by atoms with Gasteiger partial charge in [0.2, 0.25) is 0 Å². The lowest BCUT2D eigenvalue weighted by Crippen LogP contribution is -2.14. The number of anilines is 1. The highest BCUT2D eigenvalue weighted by molar-refractivity contribution is 7.92. The zero-order chi connectivity index (χ0) is 24.1. The molecule has 0 aliphatic rings. The van der Waals surface area contributed by atoms with Crippen LogP contribution in [0.1, 0.15) is 36.6 Å². The van der Waals surface area contributed by atoms with Gasteiger partial charge in [-0.15, -0.1) is 0 Å². The Morgan fingerprint density at radius 3 is 2.68 bits per heavy atom. The largest absolute Gasteiger partial charge is 0.494 e. The monoisotopic (exact) mass is 483 g/mol. The molecular weight excluding hydrogens is 457 g/mol. The number of aromatic nitrogens is 2. The Morgan fingerprint density at radius 2 is 1.88 bits per heavy atom. The van der Waals surface area contributed by atoms with Crippen LogP contribution in [0.4, 0.5) is 10.1 Å². The lowest BCUT2D eigenvalue weighted by atomic mass is 10.0. The number of halogens is 1. The number of hydrogen-bond donors (Lipinski definition) is 3. The molecule has 0 bridgehead atoms. The molecule has 0 amide bonds. The number of nitrogens with zero attached hydrogens (tertiary/aromatic N) is 1. The first-order chi connectivity index (χ1) is 16.3. The number of aromatic amines is 1. The molecule has 1 heterocycles. The van der Waals surface area contributed by atoms with Crippen molar-refractivity contribution in [1.29, 1.82) is 0 Å². The van der Waals surface area contributed by atoms with Crippen molar-refractivity contribution >= 4 is 26.6 Å². The molecule has 4 aromatic rings. The fourth-order valence-electron chi connectivity index (χ4n) is 3.64. The maximum Gasteiger partial charge on any atom is 0.261 e. The lowest BCUT2D eigenvalue weighted by Gasteiger charge is -2.14. The molecule has 0 spiro atoms. The number of benzene rings is 3. The molecule has 9 heteroatoms. The first-order valence-corrected chi connectivity index (χ1v) is 12.4. The van der Waals surface area contributed by atoms with E-state index in [0.29, 0.717) is 31.4 Å². The van der Waals surface area contributed by atoms with Gasteiger partial charge in [0.15, 0.2) is 0 Å². The number of ether oxygens (including phenoxy) is 1. The maximum absolute atomic E-state index is 14.3. The number of aliphatic hydroxyl groups is 1. The Labute approximate surface area is 197 Å². The van der Waals surface area contributed by atoms with Crippen LogP contribution in [-0.2, 0) is 10.0 Å². The third kappa shape index (κ3) is 5.55. The summed E-state index contributed by atoms with van der Waals surface area (Å²) >= 11 is 0. The first kappa shape index (κ1) is 23.7. The van der Waals surface area contributed by atoms with Crippen molar-refractivity contribution < 1.29 is 22.7 Å².